The maximum Gasteiger partial charge on any atom is 0.351 e. The van der Waals surface area contributed by atoms with Crippen LogP contribution in [0.25, 0.3) is 0 Å². The molecule has 23 heavy (non-hydrogen) atoms. The maximum atomic E-state index is 13.7. The lowest BCUT2D eigenvalue weighted by Gasteiger charge is -2.13. The second-order valence-corrected chi connectivity index (χ2v) is 6.93. The molecule has 0 saturated carbocycles. The number of benzene rings is 1. The molecule has 0 radical (unpaired) electrons. The lowest BCUT2D eigenvalue weighted by Crippen LogP contribution is -2.30. The number of amides is 1. The number of aryl methyl sites for hydroxylation is 2. The summed E-state index contributed by atoms with van der Waals surface area (Å²) in [5.74, 6) is -1.81. The zero-order valence-corrected chi connectivity index (χ0v) is 15.0. The molecule has 0 aliphatic heterocycles. The van der Waals surface area contributed by atoms with Crippen LogP contribution in [0.5, 0.6) is 0 Å². The summed E-state index contributed by atoms with van der Waals surface area (Å²) in [7, 11) is 0. The van der Waals surface area contributed by atoms with E-state index in [1.165, 1.54) is 30.4 Å². The molecule has 1 aromatic carbocycles. The van der Waals surface area contributed by atoms with E-state index in [-0.39, 0.29) is 5.69 Å². The van der Waals surface area contributed by atoms with Crippen LogP contribution in [-0.2, 0) is 9.53 Å². The first kappa shape index (κ1) is 17.6. The minimum absolute atomic E-state index is 0.0194. The number of nitrogens with one attached hydrogen (secondary N) is 1. The Balaban J connectivity index is 2.02. The summed E-state index contributed by atoms with van der Waals surface area (Å²) in [6.45, 7) is 4.90. The molecule has 1 aromatic heterocycles. The fourth-order valence-corrected chi connectivity index (χ4v) is 2.95. The first-order valence-electron chi connectivity index (χ1n) is 6.69. The number of nitrogens with zero attached hydrogens (tertiary/aromatic N) is 1. The van der Waals surface area contributed by atoms with E-state index in [2.05, 4.69) is 26.2 Å². The predicted molar refractivity (Wildman–Crippen MR) is 89.2 cm³/mol. The van der Waals surface area contributed by atoms with Gasteiger partial charge in [-0.1, -0.05) is 15.9 Å². The number of esters is 1. The van der Waals surface area contributed by atoms with Crippen molar-refractivity contribution in [2.45, 2.75) is 26.9 Å². The lowest BCUT2D eigenvalue weighted by molar-refractivity contribution is -0.123. The van der Waals surface area contributed by atoms with Gasteiger partial charge in [-0.2, -0.15) is 0 Å². The van der Waals surface area contributed by atoms with Gasteiger partial charge in [-0.25, -0.2) is 14.2 Å². The SMILES string of the molecule is Cc1nc(C)c(C(=O)O[C@H](C)C(=O)Nc2ccc(Br)cc2F)s1. The average molecular weight is 401 g/mol. The molecule has 5 nitrogen and oxygen atoms in total. The van der Waals surface area contributed by atoms with Crippen molar-refractivity contribution in [2.24, 2.45) is 0 Å². The molecule has 0 spiro atoms. The number of thiazole rings is 1. The van der Waals surface area contributed by atoms with Gasteiger partial charge in [0, 0.05) is 4.47 Å². The first-order chi connectivity index (χ1) is 10.8. The van der Waals surface area contributed by atoms with Crippen LogP contribution in [0.1, 0.15) is 27.3 Å². The highest BCUT2D eigenvalue weighted by Crippen LogP contribution is 2.21. The molecule has 122 valence electrons. The van der Waals surface area contributed by atoms with Crippen LogP contribution in [-0.4, -0.2) is 23.0 Å². The summed E-state index contributed by atoms with van der Waals surface area (Å²) in [6, 6.07) is 4.25. The molecule has 8 heteroatoms. The minimum Gasteiger partial charge on any atom is -0.448 e. The standard InChI is InChI=1S/C15H14BrFN2O3S/c1-7-13(23-9(3)18-7)15(21)22-8(2)14(20)19-12-5-4-10(16)6-11(12)17/h4-6,8H,1-3H3,(H,19,20)/t8-/m1/s1. The molecule has 0 aliphatic carbocycles. The van der Waals surface area contributed by atoms with Gasteiger partial charge in [0.1, 0.15) is 10.7 Å². The molecule has 1 amide bonds. The van der Waals surface area contributed by atoms with Crippen molar-refractivity contribution in [3.8, 4) is 0 Å². The molecular formula is C15H14BrFN2O3S. The molecular weight excluding hydrogens is 387 g/mol. The number of anilines is 1. The monoisotopic (exact) mass is 400 g/mol. The summed E-state index contributed by atoms with van der Waals surface area (Å²) in [4.78, 5) is 28.6. The number of aromatic nitrogens is 1. The third kappa shape index (κ3) is 4.35. The Morgan fingerprint density at radius 1 is 1.39 bits per heavy atom. The highest BCUT2D eigenvalue weighted by molar-refractivity contribution is 9.10. The predicted octanol–water partition coefficient (Wildman–Crippen LogP) is 3.85. The van der Waals surface area contributed by atoms with Gasteiger partial charge in [0.2, 0.25) is 0 Å². The van der Waals surface area contributed by atoms with Crippen LogP contribution in [0, 0.1) is 19.7 Å². The van der Waals surface area contributed by atoms with Crippen LogP contribution in [0.4, 0.5) is 10.1 Å². The quantitative estimate of drug-likeness (QED) is 0.791. The van der Waals surface area contributed by atoms with Gasteiger partial charge in [-0.15, -0.1) is 11.3 Å². The summed E-state index contributed by atoms with van der Waals surface area (Å²) in [6.07, 6.45) is -1.06. The van der Waals surface area contributed by atoms with Gasteiger partial charge in [-0.3, -0.25) is 4.79 Å². The first-order valence-corrected chi connectivity index (χ1v) is 8.30. The molecule has 1 atom stereocenters. The van der Waals surface area contributed by atoms with Crippen molar-refractivity contribution < 1.29 is 18.7 Å². The molecule has 0 aliphatic rings. The van der Waals surface area contributed by atoms with Crippen LogP contribution in [0.2, 0.25) is 0 Å². The topological polar surface area (TPSA) is 68.3 Å². The number of ether oxygens (including phenoxy) is 1. The Bertz CT molecular complexity index is 763. The van der Waals surface area contributed by atoms with Crippen molar-refractivity contribution in [1.29, 1.82) is 0 Å². The van der Waals surface area contributed by atoms with Gasteiger partial charge in [0.15, 0.2) is 6.10 Å². The molecule has 1 heterocycles. The van der Waals surface area contributed by atoms with E-state index in [0.29, 0.717) is 15.0 Å². The van der Waals surface area contributed by atoms with E-state index < -0.39 is 23.8 Å². The maximum absolute atomic E-state index is 13.7. The van der Waals surface area contributed by atoms with E-state index in [9.17, 15) is 14.0 Å². The zero-order chi connectivity index (χ0) is 17.1. The van der Waals surface area contributed by atoms with Gasteiger partial charge < -0.3 is 10.1 Å². The summed E-state index contributed by atoms with van der Waals surface area (Å²) < 4.78 is 19.4. The molecule has 0 fully saturated rings. The molecule has 2 aromatic rings. The second kappa shape index (κ2) is 7.18. The molecule has 2 rings (SSSR count). The Kier molecular flexibility index (Phi) is 5.48. The summed E-state index contributed by atoms with van der Waals surface area (Å²) >= 11 is 4.33. The van der Waals surface area contributed by atoms with E-state index in [4.69, 9.17) is 4.74 Å². The summed E-state index contributed by atoms with van der Waals surface area (Å²) in [5.41, 5.74) is 0.579. The van der Waals surface area contributed by atoms with E-state index in [1.807, 2.05) is 0 Å². The third-order valence-electron chi connectivity index (χ3n) is 2.93. The Morgan fingerprint density at radius 2 is 2.09 bits per heavy atom. The number of halogens is 2. The minimum atomic E-state index is -1.06. The summed E-state index contributed by atoms with van der Waals surface area (Å²) in [5, 5.41) is 3.13. The van der Waals surface area contributed by atoms with Crippen LogP contribution in [0.3, 0.4) is 0 Å². The number of hydrogen-bond donors (Lipinski definition) is 1. The highest BCUT2D eigenvalue weighted by Gasteiger charge is 2.22. The largest absolute Gasteiger partial charge is 0.448 e. The van der Waals surface area contributed by atoms with Gasteiger partial charge >= 0.3 is 5.97 Å². The number of rotatable bonds is 4. The Morgan fingerprint density at radius 3 is 2.65 bits per heavy atom. The van der Waals surface area contributed by atoms with Gasteiger partial charge in [0.05, 0.1) is 16.4 Å². The lowest BCUT2D eigenvalue weighted by atomic mass is 10.3. The van der Waals surface area contributed by atoms with E-state index >= 15 is 0 Å². The molecule has 0 saturated heterocycles. The smallest absolute Gasteiger partial charge is 0.351 e. The van der Waals surface area contributed by atoms with E-state index in [0.717, 1.165) is 5.01 Å². The van der Waals surface area contributed by atoms with Gasteiger partial charge in [-0.05, 0) is 39.0 Å². The van der Waals surface area contributed by atoms with Crippen molar-refractivity contribution in [2.75, 3.05) is 5.32 Å². The second-order valence-electron chi connectivity index (χ2n) is 4.81. The fourth-order valence-electron chi connectivity index (χ4n) is 1.81. The molecule has 0 unspecified atom stereocenters. The van der Waals surface area contributed by atoms with Crippen molar-refractivity contribution in [3.05, 3.63) is 44.1 Å². The Hall–Kier alpha value is -1.80. The number of carbonyl (C=O) groups excluding carboxylic acids is 2. The molecule has 1 N–H and O–H groups in total. The number of hydrogen-bond acceptors (Lipinski definition) is 5. The van der Waals surface area contributed by atoms with Crippen LogP contribution in [0.15, 0.2) is 22.7 Å². The van der Waals surface area contributed by atoms with Crippen LogP contribution >= 0.6 is 27.3 Å². The van der Waals surface area contributed by atoms with E-state index in [1.54, 1.807) is 19.9 Å². The fraction of sp³-hybridized carbons (Fsp3) is 0.267. The van der Waals surface area contributed by atoms with Crippen molar-refractivity contribution in [1.82, 2.24) is 4.98 Å². The van der Waals surface area contributed by atoms with Crippen LogP contribution < -0.4 is 5.32 Å². The Labute approximate surface area is 145 Å². The normalized spacial score (nSPS) is 11.9. The number of carbonyl (C=O) groups is 2. The average Bonchev–Trinajstić information content (AvgIpc) is 2.80. The highest BCUT2D eigenvalue weighted by atomic mass is 79.9. The van der Waals surface area contributed by atoms with Crippen molar-refractivity contribution >= 4 is 44.8 Å². The zero-order valence-electron chi connectivity index (χ0n) is 12.6. The molecule has 0 bridgehead atoms. The third-order valence-corrected chi connectivity index (χ3v) is 4.48. The van der Waals surface area contributed by atoms with Crippen molar-refractivity contribution in [3.63, 3.8) is 0 Å². The van der Waals surface area contributed by atoms with Gasteiger partial charge in [0.25, 0.3) is 5.91 Å².